The second-order valence-corrected chi connectivity index (χ2v) is 3.29. The van der Waals surface area contributed by atoms with E-state index in [0.29, 0.717) is 0 Å². The number of aliphatic hydroxyl groups is 1. The van der Waals surface area contributed by atoms with Crippen LogP contribution >= 0.6 is 0 Å². The molecule has 0 bridgehead atoms. The molecule has 0 radical (unpaired) electrons. The van der Waals surface area contributed by atoms with Crippen LogP contribution in [0.5, 0.6) is 0 Å². The van der Waals surface area contributed by atoms with E-state index in [1.165, 1.54) is 0 Å². The maximum absolute atomic E-state index is 9.36. The first-order chi connectivity index (χ1) is 6.81. The molecule has 0 saturated carbocycles. The highest BCUT2D eigenvalue weighted by atomic mass is 16.3. The van der Waals surface area contributed by atoms with Crippen LogP contribution in [0, 0.1) is 0 Å². The second kappa shape index (κ2) is 10.3. The van der Waals surface area contributed by atoms with Crippen molar-refractivity contribution < 1.29 is 5.11 Å². The van der Waals surface area contributed by atoms with Gasteiger partial charge in [0.1, 0.15) is 0 Å². The standard InChI is InChI=1S/C13H22O/c1-3-5-6-7-8-9-10-12-13(14)11-4-2/h3-5,8-9,11,13-14H,6-7,10,12H2,1-2H3/b5-3+,9-8+,11-4+. The summed E-state index contributed by atoms with van der Waals surface area (Å²) in [5.41, 5.74) is 0. The monoisotopic (exact) mass is 194 g/mol. The predicted octanol–water partition coefficient (Wildman–Crippen LogP) is 3.62. The fourth-order valence-corrected chi connectivity index (χ4v) is 1.18. The maximum atomic E-state index is 9.36. The van der Waals surface area contributed by atoms with Gasteiger partial charge >= 0.3 is 0 Å². The number of rotatable bonds is 7. The van der Waals surface area contributed by atoms with E-state index in [4.69, 9.17) is 0 Å². The molecule has 0 aliphatic carbocycles. The van der Waals surface area contributed by atoms with Crippen LogP contribution < -0.4 is 0 Å². The van der Waals surface area contributed by atoms with Crippen molar-refractivity contribution >= 4 is 0 Å². The van der Waals surface area contributed by atoms with E-state index >= 15 is 0 Å². The van der Waals surface area contributed by atoms with Crippen LogP contribution in [0.1, 0.15) is 39.5 Å². The van der Waals surface area contributed by atoms with Crippen molar-refractivity contribution in [2.24, 2.45) is 0 Å². The van der Waals surface area contributed by atoms with Crippen LogP contribution in [0.4, 0.5) is 0 Å². The van der Waals surface area contributed by atoms with Crippen LogP contribution in [-0.2, 0) is 0 Å². The van der Waals surface area contributed by atoms with Crippen LogP contribution in [0.15, 0.2) is 36.5 Å². The molecule has 0 rings (SSSR count). The van der Waals surface area contributed by atoms with Crippen LogP contribution in [0.25, 0.3) is 0 Å². The smallest absolute Gasteiger partial charge is 0.0723 e. The van der Waals surface area contributed by atoms with Gasteiger partial charge in [-0.05, 0) is 39.5 Å². The summed E-state index contributed by atoms with van der Waals surface area (Å²) in [6, 6.07) is 0. The largest absolute Gasteiger partial charge is 0.389 e. The van der Waals surface area contributed by atoms with Crippen molar-refractivity contribution in [1.29, 1.82) is 0 Å². The molecule has 0 saturated heterocycles. The van der Waals surface area contributed by atoms with Gasteiger partial charge < -0.3 is 5.11 Å². The summed E-state index contributed by atoms with van der Waals surface area (Å²) >= 11 is 0. The minimum absolute atomic E-state index is 0.278. The number of hydrogen-bond acceptors (Lipinski definition) is 1. The van der Waals surface area contributed by atoms with Crippen molar-refractivity contribution in [2.75, 3.05) is 0 Å². The van der Waals surface area contributed by atoms with E-state index in [0.717, 1.165) is 25.7 Å². The van der Waals surface area contributed by atoms with Gasteiger partial charge in [0.15, 0.2) is 0 Å². The van der Waals surface area contributed by atoms with E-state index in [9.17, 15) is 5.11 Å². The zero-order valence-corrected chi connectivity index (χ0v) is 9.32. The van der Waals surface area contributed by atoms with Gasteiger partial charge in [-0.15, -0.1) is 0 Å². The van der Waals surface area contributed by atoms with Gasteiger partial charge in [0, 0.05) is 0 Å². The lowest BCUT2D eigenvalue weighted by Crippen LogP contribution is -1.99. The number of allylic oxidation sites excluding steroid dienone is 5. The SMILES string of the molecule is C/C=C/CC/C=C/CCC(O)/C=C/C. The Hall–Kier alpha value is -0.820. The molecule has 1 heteroatoms. The Bertz CT molecular complexity index is 189. The van der Waals surface area contributed by atoms with Crippen LogP contribution in [0.2, 0.25) is 0 Å². The summed E-state index contributed by atoms with van der Waals surface area (Å²) in [6.07, 6.45) is 16.0. The highest BCUT2D eigenvalue weighted by Crippen LogP contribution is 2.01. The summed E-state index contributed by atoms with van der Waals surface area (Å²) in [6.45, 7) is 3.97. The Labute approximate surface area is 87.8 Å². The molecule has 0 amide bonds. The molecule has 0 aromatic carbocycles. The second-order valence-electron chi connectivity index (χ2n) is 3.29. The van der Waals surface area contributed by atoms with Gasteiger partial charge in [0.2, 0.25) is 0 Å². The van der Waals surface area contributed by atoms with Gasteiger partial charge in [0.25, 0.3) is 0 Å². The zero-order chi connectivity index (χ0) is 10.6. The molecule has 1 N–H and O–H groups in total. The average Bonchev–Trinajstić information content (AvgIpc) is 2.17. The summed E-state index contributed by atoms with van der Waals surface area (Å²) in [4.78, 5) is 0. The lowest BCUT2D eigenvalue weighted by molar-refractivity contribution is 0.214. The minimum atomic E-state index is -0.278. The van der Waals surface area contributed by atoms with Crippen molar-refractivity contribution in [2.45, 2.75) is 45.6 Å². The van der Waals surface area contributed by atoms with Gasteiger partial charge in [-0.2, -0.15) is 0 Å². The molecule has 14 heavy (non-hydrogen) atoms. The summed E-state index contributed by atoms with van der Waals surface area (Å²) in [7, 11) is 0. The fraction of sp³-hybridized carbons (Fsp3) is 0.538. The maximum Gasteiger partial charge on any atom is 0.0723 e. The third-order valence-electron chi connectivity index (χ3n) is 1.95. The topological polar surface area (TPSA) is 20.2 Å². The third-order valence-corrected chi connectivity index (χ3v) is 1.95. The number of aliphatic hydroxyl groups excluding tert-OH is 1. The molecule has 0 heterocycles. The minimum Gasteiger partial charge on any atom is -0.389 e. The summed E-state index contributed by atoms with van der Waals surface area (Å²) in [5.74, 6) is 0. The van der Waals surface area contributed by atoms with E-state index in [2.05, 4.69) is 24.3 Å². The Balaban J connectivity index is 3.34. The van der Waals surface area contributed by atoms with Gasteiger partial charge in [0.05, 0.1) is 6.10 Å². The first-order valence-electron chi connectivity index (χ1n) is 5.38. The van der Waals surface area contributed by atoms with E-state index < -0.39 is 0 Å². The Morgan fingerprint density at radius 1 is 0.929 bits per heavy atom. The average molecular weight is 194 g/mol. The van der Waals surface area contributed by atoms with Gasteiger partial charge in [-0.25, -0.2) is 0 Å². The highest BCUT2D eigenvalue weighted by molar-refractivity contribution is 4.90. The first-order valence-corrected chi connectivity index (χ1v) is 5.38. The molecular formula is C13H22O. The van der Waals surface area contributed by atoms with Crippen LogP contribution in [0.3, 0.4) is 0 Å². The zero-order valence-electron chi connectivity index (χ0n) is 9.32. The molecule has 0 aliphatic rings. The molecule has 0 aromatic rings. The van der Waals surface area contributed by atoms with E-state index in [1.807, 2.05) is 26.0 Å². The van der Waals surface area contributed by atoms with Crippen molar-refractivity contribution in [3.63, 3.8) is 0 Å². The molecule has 1 atom stereocenters. The van der Waals surface area contributed by atoms with E-state index in [-0.39, 0.29) is 6.10 Å². The Morgan fingerprint density at radius 2 is 1.57 bits per heavy atom. The lowest BCUT2D eigenvalue weighted by Gasteiger charge is -2.00. The Kier molecular flexibility index (Phi) is 9.66. The molecular weight excluding hydrogens is 172 g/mol. The number of hydrogen-bond donors (Lipinski definition) is 1. The van der Waals surface area contributed by atoms with Gasteiger partial charge in [-0.1, -0.05) is 36.5 Å². The lowest BCUT2D eigenvalue weighted by atomic mass is 10.1. The van der Waals surface area contributed by atoms with E-state index in [1.54, 1.807) is 0 Å². The third kappa shape index (κ3) is 9.27. The molecule has 1 unspecified atom stereocenters. The highest BCUT2D eigenvalue weighted by Gasteiger charge is 1.94. The molecule has 0 spiro atoms. The summed E-state index contributed by atoms with van der Waals surface area (Å²) in [5, 5.41) is 9.36. The fourth-order valence-electron chi connectivity index (χ4n) is 1.18. The first kappa shape index (κ1) is 13.2. The molecule has 1 nitrogen and oxygen atoms in total. The quantitative estimate of drug-likeness (QED) is 0.485. The van der Waals surface area contributed by atoms with Crippen LogP contribution in [-0.4, -0.2) is 11.2 Å². The Morgan fingerprint density at radius 3 is 2.21 bits per heavy atom. The van der Waals surface area contributed by atoms with Crippen molar-refractivity contribution in [3.05, 3.63) is 36.5 Å². The summed E-state index contributed by atoms with van der Waals surface area (Å²) < 4.78 is 0. The molecule has 80 valence electrons. The molecule has 0 aromatic heterocycles. The number of unbranched alkanes of at least 4 members (excludes halogenated alkanes) is 1. The molecule has 0 aliphatic heterocycles. The van der Waals surface area contributed by atoms with Crippen molar-refractivity contribution in [1.82, 2.24) is 0 Å². The van der Waals surface area contributed by atoms with Crippen molar-refractivity contribution in [3.8, 4) is 0 Å². The van der Waals surface area contributed by atoms with Gasteiger partial charge in [-0.3, -0.25) is 0 Å². The molecule has 0 fully saturated rings. The normalized spacial score (nSPS) is 14.8. The predicted molar refractivity (Wildman–Crippen MR) is 63.2 cm³/mol.